The summed E-state index contributed by atoms with van der Waals surface area (Å²) in [5.41, 5.74) is 9.03. The quantitative estimate of drug-likeness (QED) is 0.170. The zero-order chi connectivity index (χ0) is 34.9. The highest BCUT2D eigenvalue weighted by atomic mass is 16.3. The summed E-state index contributed by atoms with van der Waals surface area (Å²) in [5, 5.41) is 9.23. The lowest BCUT2D eigenvalue weighted by atomic mass is 9.99. The van der Waals surface area contributed by atoms with Crippen LogP contribution in [0, 0.1) is 0 Å². The Morgan fingerprint density at radius 2 is 1.11 bits per heavy atom. The van der Waals surface area contributed by atoms with Crippen molar-refractivity contribution in [3.05, 3.63) is 188 Å². The Balaban J connectivity index is 1.21. The maximum absolute atomic E-state index is 6.87. The lowest BCUT2D eigenvalue weighted by Crippen LogP contribution is -2.10. The molecule has 11 aromatic rings. The molecule has 0 amide bonds. The molecule has 0 fully saturated rings. The second-order valence-electron chi connectivity index (χ2n) is 13.6. The number of para-hydroxylation sites is 3. The highest BCUT2D eigenvalue weighted by Crippen LogP contribution is 2.46. The second-order valence-corrected chi connectivity index (χ2v) is 13.6. The Hall–Kier alpha value is -7.17. The van der Waals surface area contributed by atoms with Crippen molar-refractivity contribution in [2.45, 2.75) is 0 Å². The second kappa shape index (κ2) is 11.7. The Bertz CT molecular complexity index is 3180. The summed E-state index contributed by atoms with van der Waals surface area (Å²) < 4.78 is 9.22. The van der Waals surface area contributed by atoms with Gasteiger partial charge in [0.15, 0.2) is 5.58 Å². The molecule has 0 aliphatic carbocycles. The number of oxazole rings is 1. The first kappa shape index (κ1) is 29.5. The molecule has 4 heteroatoms. The maximum atomic E-state index is 6.87. The maximum Gasteiger partial charge on any atom is 0.227 e. The van der Waals surface area contributed by atoms with Crippen molar-refractivity contribution < 1.29 is 4.42 Å². The fourth-order valence-corrected chi connectivity index (χ4v) is 8.11. The van der Waals surface area contributed by atoms with Gasteiger partial charge in [-0.1, -0.05) is 115 Å². The van der Waals surface area contributed by atoms with Crippen LogP contribution in [0.5, 0.6) is 0 Å². The van der Waals surface area contributed by atoms with Crippen LogP contribution in [0.4, 0.5) is 17.1 Å². The molecule has 2 heterocycles. The van der Waals surface area contributed by atoms with Crippen LogP contribution in [0.15, 0.2) is 192 Å². The molecule has 2 aromatic heterocycles. The van der Waals surface area contributed by atoms with Gasteiger partial charge >= 0.3 is 0 Å². The molecule has 248 valence electrons. The lowest BCUT2D eigenvalue weighted by Gasteiger charge is -2.26. The molecule has 0 radical (unpaired) electrons. The van der Waals surface area contributed by atoms with E-state index in [1.165, 1.54) is 32.4 Å². The largest absolute Gasteiger partial charge is 0.435 e. The number of nitrogens with zero attached hydrogens (tertiary/aromatic N) is 3. The van der Waals surface area contributed by atoms with Crippen LogP contribution in [0.25, 0.3) is 82.4 Å². The highest BCUT2D eigenvalue weighted by molar-refractivity contribution is 6.19. The summed E-state index contributed by atoms with van der Waals surface area (Å²) in [6.45, 7) is 0. The van der Waals surface area contributed by atoms with Gasteiger partial charge in [-0.05, 0) is 99.7 Å². The van der Waals surface area contributed by atoms with E-state index in [1.54, 1.807) is 0 Å². The topological polar surface area (TPSA) is 34.2 Å². The zero-order valence-corrected chi connectivity index (χ0v) is 28.6. The Morgan fingerprint density at radius 3 is 1.96 bits per heavy atom. The monoisotopic (exact) mass is 677 g/mol. The van der Waals surface area contributed by atoms with E-state index >= 15 is 0 Å². The van der Waals surface area contributed by atoms with Gasteiger partial charge < -0.3 is 13.9 Å². The van der Waals surface area contributed by atoms with Gasteiger partial charge in [0.1, 0.15) is 5.52 Å². The van der Waals surface area contributed by atoms with Crippen molar-refractivity contribution in [2.24, 2.45) is 0 Å². The van der Waals surface area contributed by atoms with Gasteiger partial charge in [-0.15, -0.1) is 0 Å². The summed E-state index contributed by atoms with van der Waals surface area (Å²) in [7, 11) is 0. The van der Waals surface area contributed by atoms with Crippen molar-refractivity contribution in [3.63, 3.8) is 0 Å². The molecule has 0 saturated heterocycles. The van der Waals surface area contributed by atoms with Gasteiger partial charge in [0, 0.05) is 38.8 Å². The molecule has 9 aromatic carbocycles. The van der Waals surface area contributed by atoms with Crippen molar-refractivity contribution in [1.82, 2.24) is 9.55 Å². The molecule has 0 bridgehead atoms. The van der Waals surface area contributed by atoms with Crippen molar-refractivity contribution in [3.8, 4) is 17.1 Å². The van der Waals surface area contributed by atoms with Crippen molar-refractivity contribution in [2.75, 3.05) is 4.90 Å². The van der Waals surface area contributed by atoms with E-state index in [1.807, 2.05) is 0 Å². The minimum absolute atomic E-state index is 0.599. The van der Waals surface area contributed by atoms with Gasteiger partial charge in [-0.2, -0.15) is 0 Å². The SMILES string of the molecule is c1ccc(N(c2ccc3c(c2)c2ccccc2n3-c2ccccc2)c2cc3c4ccccc4ccc3c3oc(-c4ccc5ccccc5c4)nc23)cc1. The third-order valence-electron chi connectivity index (χ3n) is 10.5. The molecule has 53 heavy (non-hydrogen) atoms. The highest BCUT2D eigenvalue weighted by Gasteiger charge is 2.24. The number of hydrogen-bond acceptors (Lipinski definition) is 3. The molecule has 0 aliphatic rings. The van der Waals surface area contributed by atoms with E-state index in [9.17, 15) is 0 Å². The normalized spacial score (nSPS) is 11.8. The minimum atomic E-state index is 0.599. The summed E-state index contributed by atoms with van der Waals surface area (Å²) in [4.78, 5) is 7.67. The van der Waals surface area contributed by atoms with Gasteiger partial charge in [0.05, 0.1) is 16.7 Å². The fraction of sp³-hybridized carbons (Fsp3) is 0. The summed E-state index contributed by atoms with van der Waals surface area (Å²) in [6, 6.07) is 66.7. The zero-order valence-electron chi connectivity index (χ0n) is 28.6. The predicted molar refractivity (Wildman–Crippen MR) is 221 cm³/mol. The molecule has 11 rings (SSSR count). The molecular formula is C49H31N3O. The third kappa shape index (κ3) is 4.66. The fourth-order valence-electron chi connectivity index (χ4n) is 8.11. The summed E-state index contributed by atoms with van der Waals surface area (Å²) in [5.74, 6) is 0.599. The smallest absolute Gasteiger partial charge is 0.227 e. The molecule has 4 nitrogen and oxygen atoms in total. The van der Waals surface area contributed by atoms with Crippen LogP contribution in [0.3, 0.4) is 0 Å². The Kier molecular flexibility index (Phi) is 6.52. The minimum Gasteiger partial charge on any atom is -0.435 e. The number of benzene rings is 9. The molecule has 0 N–H and O–H groups in total. The van der Waals surface area contributed by atoms with Crippen LogP contribution < -0.4 is 4.90 Å². The first-order chi connectivity index (χ1) is 26.3. The third-order valence-corrected chi connectivity index (χ3v) is 10.5. The van der Waals surface area contributed by atoms with Crippen molar-refractivity contribution >= 4 is 82.3 Å². The Labute approximate surface area is 305 Å². The average Bonchev–Trinajstić information content (AvgIpc) is 3.82. The van der Waals surface area contributed by atoms with E-state index < -0.39 is 0 Å². The molecule has 0 unspecified atom stereocenters. The molecule has 0 saturated carbocycles. The first-order valence-electron chi connectivity index (χ1n) is 18.0. The summed E-state index contributed by atoms with van der Waals surface area (Å²) >= 11 is 0. The number of aromatic nitrogens is 2. The lowest BCUT2D eigenvalue weighted by molar-refractivity contribution is 0.623. The number of hydrogen-bond donors (Lipinski definition) is 0. The average molecular weight is 678 g/mol. The number of fused-ring (bicyclic) bond motifs is 9. The van der Waals surface area contributed by atoms with E-state index in [2.05, 4.69) is 198 Å². The molecule has 0 atom stereocenters. The molecule has 0 spiro atoms. The summed E-state index contributed by atoms with van der Waals surface area (Å²) in [6.07, 6.45) is 0. The van der Waals surface area contributed by atoms with Crippen LogP contribution >= 0.6 is 0 Å². The van der Waals surface area contributed by atoms with E-state index in [4.69, 9.17) is 9.40 Å². The molecule has 0 aliphatic heterocycles. The van der Waals surface area contributed by atoms with Gasteiger partial charge in [0.2, 0.25) is 5.89 Å². The predicted octanol–water partition coefficient (Wildman–Crippen LogP) is 13.5. The van der Waals surface area contributed by atoms with E-state index in [0.717, 1.165) is 61.1 Å². The van der Waals surface area contributed by atoms with E-state index in [-0.39, 0.29) is 0 Å². The first-order valence-corrected chi connectivity index (χ1v) is 18.0. The Morgan fingerprint density at radius 1 is 0.434 bits per heavy atom. The van der Waals surface area contributed by atoms with Gasteiger partial charge in [-0.3, -0.25) is 0 Å². The van der Waals surface area contributed by atoms with Crippen LogP contribution in [0.1, 0.15) is 0 Å². The number of rotatable bonds is 5. The number of anilines is 3. The van der Waals surface area contributed by atoms with Crippen molar-refractivity contribution in [1.29, 1.82) is 0 Å². The van der Waals surface area contributed by atoms with Gasteiger partial charge in [0.25, 0.3) is 0 Å². The van der Waals surface area contributed by atoms with E-state index in [0.29, 0.717) is 5.89 Å². The van der Waals surface area contributed by atoms with Gasteiger partial charge in [-0.25, -0.2) is 4.98 Å². The van der Waals surface area contributed by atoms with Crippen LogP contribution in [0.2, 0.25) is 0 Å². The standard InChI is InChI=1S/C49H31N3O/c1-3-16-36(17-4-1)51(38-26-28-45-43(30-38)40-21-11-12-22-44(40)52(45)37-18-5-2-6-19-37)46-31-42-39-20-10-9-14-33(39)25-27-41(42)48-47(46)50-49(53-48)35-24-23-32-13-7-8-15-34(32)29-35/h1-31H. The van der Waals surface area contributed by atoms with Crippen LogP contribution in [-0.4, -0.2) is 9.55 Å². The molecular weight excluding hydrogens is 647 g/mol. The van der Waals surface area contributed by atoms with Crippen LogP contribution in [-0.2, 0) is 0 Å².